The summed E-state index contributed by atoms with van der Waals surface area (Å²) in [6.07, 6.45) is 0. The summed E-state index contributed by atoms with van der Waals surface area (Å²) in [5, 5.41) is 0. The van der Waals surface area contributed by atoms with E-state index >= 15 is 0 Å². The Morgan fingerprint density at radius 1 is 1.10 bits per heavy atom. The third kappa shape index (κ3) is 3.01. The van der Waals surface area contributed by atoms with Gasteiger partial charge in [-0.25, -0.2) is 17.2 Å². The van der Waals surface area contributed by atoms with Crippen LogP contribution in [0.4, 0.5) is 20.2 Å². The summed E-state index contributed by atoms with van der Waals surface area (Å²) in [4.78, 5) is -0.698. The molecule has 20 heavy (non-hydrogen) atoms. The highest BCUT2D eigenvalue weighted by molar-refractivity contribution is 14.1. The molecule has 0 radical (unpaired) electrons. The van der Waals surface area contributed by atoms with E-state index in [1.807, 2.05) is 22.6 Å². The highest BCUT2D eigenvalue weighted by atomic mass is 127. The Bertz CT molecular complexity index is 766. The van der Waals surface area contributed by atoms with Gasteiger partial charge in [-0.3, -0.25) is 4.72 Å². The Balaban J connectivity index is 2.47. The van der Waals surface area contributed by atoms with Gasteiger partial charge in [-0.15, -0.1) is 0 Å². The standard InChI is InChI=1S/C12H9F2IN2O2S/c13-7-5-8(14)12(6-10(7)16)20(18,19)17-11-4-2-1-3-9(11)15/h1-6,17H,16H2. The lowest BCUT2D eigenvalue weighted by molar-refractivity contribution is 0.553. The van der Waals surface area contributed by atoms with Gasteiger partial charge in [0.25, 0.3) is 10.0 Å². The molecule has 0 aliphatic rings. The minimum atomic E-state index is -4.18. The van der Waals surface area contributed by atoms with Crippen LogP contribution in [0.5, 0.6) is 0 Å². The first-order valence-electron chi connectivity index (χ1n) is 5.33. The van der Waals surface area contributed by atoms with E-state index in [2.05, 4.69) is 4.72 Å². The van der Waals surface area contributed by atoms with Crippen molar-refractivity contribution < 1.29 is 17.2 Å². The minimum Gasteiger partial charge on any atom is -0.396 e. The van der Waals surface area contributed by atoms with Gasteiger partial charge in [-0.1, -0.05) is 12.1 Å². The van der Waals surface area contributed by atoms with Crippen molar-refractivity contribution in [1.29, 1.82) is 0 Å². The lowest BCUT2D eigenvalue weighted by Crippen LogP contribution is -2.16. The maximum absolute atomic E-state index is 13.6. The first kappa shape index (κ1) is 15.0. The average Bonchev–Trinajstić information content (AvgIpc) is 2.36. The Hall–Kier alpha value is -1.42. The molecule has 2 rings (SSSR count). The molecule has 106 valence electrons. The fraction of sp³-hybridized carbons (Fsp3) is 0. The maximum atomic E-state index is 13.6. The Kier molecular flexibility index (Phi) is 4.14. The average molecular weight is 410 g/mol. The molecule has 0 unspecified atom stereocenters. The number of hydrogen-bond donors (Lipinski definition) is 2. The van der Waals surface area contributed by atoms with Crippen LogP contribution in [0.25, 0.3) is 0 Å². The summed E-state index contributed by atoms with van der Waals surface area (Å²) < 4.78 is 53.8. The molecule has 0 saturated heterocycles. The lowest BCUT2D eigenvalue weighted by Gasteiger charge is -2.11. The first-order valence-corrected chi connectivity index (χ1v) is 7.89. The molecule has 0 aromatic heterocycles. The van der Waals surface area contributed by atoms with Gasteiger partial charge >= 0.3 is 0 Å². The number of halogens is 3. The van der Waals surface area contributed by atoms with E-state index in [0.717, 1.165) is 6.07 Å². The molecule has 0 aliphatic heterocycles. The zero-order valence-electron chi connectivity index (χ0n) is 9.90. The number of nitrogen functional groups attached to an aromatic ring is 1. The topological polar surface area (TPSA) is 72.2 Å². The number of hydrogen-bond acceptors (Lipinski definition) is 3. The predicted molar refractivity (Wildman–Crippen MR) is 80.7 cm³/mol. The van der Waals surface area contributed by atoms with E-state index < -0.39 is 32.2 Å². The SMILES string of the molecule is Nc1cc(S(=O)(=O)Nc2ccccc2I)c(F)cc1F. The van der Waals surface area contributed by atoms with E-state index in [0.29, 0.717) is 15.3 Å². The van der Waals surface area contributed by atoms with Crippen LogP contribution in [0.1, 0.15) is 0 Å². The van der Waals surface area contributed by atoms with Crippen molar-refractivity contribution in [1.82, 2.24) is 0 Å². The van der Waals surface area contributed by atoms with Crippen LogP contribution in [-0.4, -0.2) is 8.42 Å². The summed E-state index contributed by atoms with van der Waals surface area (Å²) in [6.45, 7) is 0. The van der Waals surface area contributed by atoms with Gasteiger partial charge in [0.15, 0.2) is 0 Å². The predicted octanol–water partition coefficient (Wildman–Crippen LogP) is 2.95. The second-order valence-corrected chi connectivity index (χ2v) is 6.70. The van der Waals surface area contributed by atoms with Crippen LogP contribution in [-0.2, 0) is 10.0 Å². The van der Waals surface area contributed by atoms with Gasteiger partial charge in [0.05, 0.1) is 11.4 Å². The van der Waals surface area contributed by atoms with Gasteiger partial charge in [-0.2, -0.15) is 0 Å². The molecule has 0 fully saturated rings. The molecule has 0 atom stereocenters. The van der Waals surface area contributed by atoms with E-state index in [1.165, 1.54) is 6.07 Å². The fourth-order valence-electron chi connectivity index (χ4n) is 1.49. The summed E-state index contributed by atoms with van der Waals surface area (Å²) >= 11 is 1.94. The van der Waals surface area contributed by atoms with Crippen LogP contribution in [0.15, 0.2) is 41.3 Å². The minimum absolute atomic E-state index is 0.301. The van der Waals surface area contributed by atoms with E-state index in [1.54, 1.807) is 18.2 Å². The normalized spacial score (nSPS) is 11.3. The number of benzene rings is 2. The second-order valence-electron chi connectivity index (χ2n) is 3.89. The molecule has 0 saturated carbocycles. The molecule has 2 aromatic rings. The van der Waals surface area contributed by atoms with E-state index in [4.69, 9.17) is 5.73 Å². The van der Waals surface area contributed by atoms with Crippen LogP contribution in [0, 0.1) is 15.2 Å². The largest absolute Gasteiger partial charge is 0.396 e. The number of nitrogens with one attached hydrogen (secondary N) is 1. The molecule has 4 nitrogen and oxygen atoms in total. The molecule has 8 heteroatoms. The Labute approximate surface area is 128 Å². The van der Waals surface area contributed by atoms with Crippen molar-refractivity contribution >= 4 is 44.0 Å². The van der Waals surface area contributed by atoms with Crippen LogP contribution in [0.3, 0.4) is 0 Å². The third-order valence-electron chi connectivity index (χ3n) is 2.46. The highest BCUT2D eigenvalue weighted by Crippen LogP contribution is 2.25. The van der Waals surface area contributed by atoms with Crippen molar-refractivity contribution in [3.63, 3.8) is 0 Å². The molecular weight excluding hydrogens is 401 g/mol. The van der Waals surface area contributed by atoms with Crippen molar-refractivity contribution in [3.05, 3.63) is 51.6 Å². The van der Waals surface area contributed by atoms with Gasteiger partial charge < -0.3 is 5.73 Å². The van der Waals surface area contributed by atoms with Crippen LogP contribution < -0.4 is 10.5 Å². The van der Waals surface area contributed by atoms with E-state index in [-0.39, 0.29) is 0 Å². The monoisotopic (exact) mass is 410 g/mol. The second kappa shape index (κ2) is 5.52. The summed E-state index contributed by atoms with van der Waals surface area (Å²) in [6, 6.07) is 7.78. The zero-order valence-corrected chi connectivity index (χ0v) is 12.9. The van der Waals surface area contributed by atoms with Crippen molar-refractivity contribution in [2.24, 2.45) is 0 Å². The van der Waals surface area contributed by atoms with Gasteiger partial charge in [0.2, 0.25) is 0 Å². The molecule has 0 amide bonds. The van der Waals surface area contributed by atoms with Crippen molar-refractivity contribution in [3.8, 4) is 0 Å². The number of rotatable bonds is 3. The number of nitrogens with two attached hydrogens (primary N) is 1. The summed E-state index contributed by atoms with van der Waals surface area (Å²) in [5.41, 5.74) is 5.14. The molecule has 0 spiro atoms. The molecule has 3 N–H and O–H groups in total. The van der Waals surface area contributed by atoms with Gasteiger partial charge in [0, 0.05) is 9.64 Å². The molecule has 0 aliphatic carbocycles. The smallest absolute Gasteiger partial charge is 0.264 e. The Morgan fingerprint density at radius 2 is 1.75 bits per heavy atom. The molecule has 0 heterocycles. The van der Waals surface area contributed by atoms with Gasteiger partial charge in [0.1, 0.15) is 16.5 Å². The fourth-order valence-corrected chi connectivity index (χ4v) is 3.37. The maximum Gasteiger partial charge on any atom is 0.264 e. The number of sulfonamides is 1. The van der Waals surface area contributed by atoms with Crippen LogP contribution in [0.2, 0.25) is 0 Å². The van der Waals surface area contributed by atoms with Crippen molar-refractivity contribution in [2.75, 3.05) is 10.5 Å². The molecule has 0 bridgehead atoms. The quantitative estimate of drug-likeness (QED) is 0.604. The Morgan fingerprint density at radius 3 is 2.40 bits per heavy atom. The van der Waals surface area contributed by atoms with Crippen LogP contribution >= 0.6 is 22.6 Å². The third-order valence-corrected chi connectivity index (χ3v) is 4.78. The first-order chi connectivity index (χ1) is 9.31. The van der Waals surface area contributed by atoms with Gasteiger partial charge in [-0.05, 0) is 40.8 Å². The number of anilines is 2. The lowest BCUT2D eigenvalue weighted by atomic mass is 10.3. The number of para-hydroxylation sites is 1. The zero-order chi connectivity index (χ0) is 14.9. The van der Waals surface area contributed by atoms with Crippen molar-refractivity contribution in [2.45, 2.75) is 4.90 Å². The highest BCUT2D eigenvalue weighted by Gasteiger charge is 2.22. The van der Waals surface area contributed by atoms with E-state index in [9.17, 15) is 17.2 Å². The summed E-state index contributed by atoms with van der Waals surface area (Å²) in [5.74, 6) is -2.20. The molecule has 2 aromatic carbocycles. The summed E-state index contributed by atoms with van der Waals surface area (Å²) in [7, 11) is -4.18. The molecular formula is C12H9F2IN2O2S.